The molecule has 2 nitrogen and oxygen atoms in total. The zero-order chi connectivity index (χ0) is 11.4. The van der Waals surface area contributed by atoms with E-state index >= 15 is 0 Å². The second-order valence-electron chi connectivity index (χ2n) is 4.29. The van der Waals surface area contributed by atoms with Crippen molar-refractivity contribution in [1.82, 2.24) is 5.32 Å². The topological polar surface area (TPSA) is 21.3 Å². The Morgan fingerprint density at radius 3 is 3.12 bits per heavy atom. The average molecular weight is 284 g/mol. The van der Waals surface area contributed by atoms with E-state index in [9.17, 15) is 0 Å². The summed E-state index contributed by atoms with van der Waals surface area (Å²) in [7, 11) is 0. The van der Waals surface area contributed by atoms with Gasteiger partial charge in [-0.05, 0) is 37.0 Å². The molecule has 2 rings (SSSR count). The molecule has 1 fully saturated rings. The molecule has 1 saturated heterocycles. The van der Waals surface area contributed by atoms with Crippen molar-refractivity contribution < 1.29 is 4.74 Å². The van der Waals surface area contributed by atoms with Crippen LogP contribution >= 0.6 is 15.9 Å². The lowest BCUT2D eigenvalue weighted by molar-refractivity contribution is 0.110. The van der Waals surface area contributed by atoms with Crippen LogP contribution in [0.1, 0.15) is 24.0 Å². The minimum atomic E-state index is 0.424. The van der Waals surface area contributed by atoms with Crippen LogP contribution in [0.25, 0.3) is 0 Å². The molecule has 1 aromatic carbocycles. The molecule has 0 amide bonds. The van der Waals surface area contributed by atoms with E-state index in [0.717, 1.165) is 19.7 Å². The first-order chi connectivity index (χ1) is 7.77. The molecule has 1 aliphatic rings. The Labute approximate surface area is 106 Å². The number of benzene rings is 1. The highest BCUT2D eigenvalue weighted by Crippen LogP contribution is 2.19. The van der Waals surface area contributed by atoms with Gasteiger partial charge in [-0.2, -0.15) is 0 Å². The number of halogens is 1. The van der Waals surface area contributed by atoms with E-state index in [0.29, 0.717) is 6.10 Å². The molecule has 0 spiro atoms. The summed E-state index contributed by atoms with van der Waals surface area (Å²) in [6, 6.07) is 6.33. The van der Waals surface area contributed by atoms with Gasteiger partial charge < -0.3 is 10.1 Å². The first-order valence-electron chi connectivity index (χ1n) is 5.83. The highest BCUT2D eigenvalue weighted by Gasteiger charge is 2.14. The second kappa shape index (κ2) is 5.80. The van der Waals surface area contributed by atoms with Gasteiger partial charge in [0.1, 0.15) is 0 Å². The van der Waals surface area contributed by atoms with Crippen LogP contribution in [0.5, 0.6) is 0 Å². The van der Waals surface area contributed by atoms with E-state index in [4.69, 9.17) is 4.74 Å². The van der Waals surface area contributed by atoms with Crippen molar-refractivity contribution in [1.29, 1.82) is 0 Å². The monoisotopic (exact) mass is 283 g/mol. The van der Waals surface area contributed by atoms with Gasteiger partial charge in [0.2, 0.25) is 0 Å². The van der Waals surface area contributed by atoms with Crippen molar-refractivity contribution in [3.8, 4) is 0 Å². The number of ether oxygens (including phenoxy) is 1. The van der Waals surface area contributed by atoms with E-state index < -0.39 is 0 Å². The van der Waals surface area contributed by atoms with Crippen molar-refractivity contribution in [2.75, 3.05) is 13.2 Å². The van der Waals surface area contributed by atoms with Gasteiger partial charge in [0.15, 0.2) is 0 Å². The minimum Gasteiger partial charge on any atom is -0.377 e. The predicted molar refractivity (Wildman–Crippen MR) is 69.6 cm³/mol. The standard InChI is InChI=1S/C13H18BrNO/c1-10-11(4-2-6-13(10)14)8-15-9-12-5-3-7-16-12/h2,4,6,12,15H,3,5,7-9H2,1H3. The molecule has 1 N–H and O–H groups in total. The largest absolute Gasteiger partial charge is 0.377 e. The number of hydrogen-bond donors (Lipinski definition) is 1. The summed E-state index contributed by atoms with van der Waals surface area (Å²) in [6.07, 6.45) is 2.83. The van der Waals surface area contributed by atoms with Gasteiger partial charge in [-0.1, -0.05) is 28.1 Å². The van der Waals surface area contributed by atoms with E-state index in [1.54, 1.807) is 0 Å². The molecular weight excluding hydrogens is 266 g/mol. The molecule has 1 unspecified atom stereocenters. The Morgan fingerprint density at radius 2 is 2.38 bits per heavy atom. The molecule has 1 atom stereocenters. The lowest BCUT2D eigenvalue weighted by Gasteiger charge is -2.12. The predicted octanol–water partition coefficient (Wildman–Crippen LogP) is 3.03. The second-order valence-corrected chi connectivity index (χ2v) is 5.14. The van der Waals surface area contributed by atoms with Gasteiger partial charge in [0.05, 0.1) is 6.10 Å². The fourth-order valence-corrected chi connectivity index (χ4v) is 2.42. The van der Waals surface area contributed by atoms with Crippen LogP contribution in [-0.2, 0) is 11.3 Å². The smallest absolute Gasteiger partial charge is 0.0700 e. The molecule has 3 heteroatoms. The highest BCUT2D eigenvalue weighted by atomic mass is 79.9. The van der Waals surface area contributed by atoms with Crippen molar-refractivity contribution in [2.45, 2.75) is 32.4 Å². The molecule has 1 aromatic rings. The van der Waals surface area contributed by atoms with Gasteiger partial charge in [0, 0.05) is 24.2 Å². The lowest BCUT2D eigenvalue weighted by Crippen LogP contribution is -2.26. The molecular formula is C13H18BrNO. The van der Waals surface area contributed by atoms with E-state index in [1.807, 2.05) is 0 Å². The number of nitrogens with one attached hydrogen (secondary N) is 1. The van der Waals surface area contributed by atoms with Gasteiger partial charge in [-0.15, -0.1) is 0 Å². The zero-order valence-corrected chi connectivity index (χ0v) is 11.2. The maximum absolute atomic E-state index is 5.57. The summed E-state index contributed by atoms with van der Waals surface area (Å²) in [5, 5.41) is 3.47. The summed E-state index contributed by atoms with van der Waals surface area (Å²) in [5.41, 5.74) is 2.68. The maximum atomic E-state index is 5.57. The van der Waals surface area contributed by atoms with Crippen LogP contribution in [-0.4, -0.2) is 19.3 Å². The van der Waals surface area contributed by atoms with Gasteiger partial charge in [0.25, 0.3) is 0 Å². The molecule has 1 aliphatic heterocycles. The molecule has 0 bridgehead atoms. The molecule has 0 aliphatic carbocycles. The fourth-order valence-electron chi connectivity index (χ4n) is 2.02. The molecule has 0 radical (unpaired) electrons. The van der Waals surface area contributed by atoms with Crippen LogP contribution in [0, 0.1) is 6.92 Å². The first kappa shape index (κ1) is 12.1. The van der Waals surface area contributed by atoms with Gasteiger partial charge in [-0.25, -0.2) is 0 Å². The van der Waals surface area contributed by atoms with E-state index in [-0.39, 0.29) is 0 Å². The zero-order valence-electron chi connectivity index (χ0n) is 9.63. The van der Waals surface area contributed by atoms with Crippen LogP contribution in [0.2, 0.25) is 0 Å². The number of rotatable bonds is 4. The molecule has 16 heavy (non-hydrogen) atoms. The summed E-state index contributed by atoms with van der Waals surface area (Å²) in [6.45, 7) is 4.96. The van der Waals surface area contributed by atoms with Crippen molar-refractivity contribution in [3.63, 3.8) is 0 Å². The van der Waals surface area contributed by atoms with Crippen LogP contribution < -0.4 is 5.32 Å². The molecule has 88 valence electrons. The first-order valence-corrected chi connectivity index (χ1v) is 6.63. The summed E-state index contributed by atoms with van der Waals surface area (Å²) < 4.78 is 6.76. The summed E-state index contributed by atoms with van der Waals surface area (Å²) in [5.74, 6) is 0. The average Bonchev–Trinajstić information content (AvgIpc) is 2.77. The fraction of sp³-hybridized carbons (Fsp3) is 0.538. The third-order valence-electron chi connectivity index (χ3n) is 3.09. The van der Waals surface area contributed by atoms with E-state index in [2.05, 4.69) is 46.4 Å². The Bertz CT molecular complexity index is 348. The van der Waals surface area contributed by atoms with Crippen LogP contribution in [0.3, 0.4) is 0 Å². The van der Waals surface area contributed by atoms with Crippen LogP contribution in [0.4, 0.5) is 0 Å². The van der Waals surface area contributed by atoms with Gasteiger partial charge in [-0.3, -0.25) is 0 Å². The maximum Gasteiger partial charge on any atom is 0.0700 e. The van der Waals surface area contributed by atoms with Crippen molar-refractivity contribution in [3.05, 3.63) is 33.8 Å². The summed E-state index contributed by atoms with van der Waals surface area (Å²) >= 11 is 3.55. The normalized spacial score (nSPS) is 20.2. The SMILES string of the molecule is Cc1c(Br)cccc1CNCC1CCCO1. The van der Waals surface area contributed by atoms with Crippen molar-refractivity contribution >= 4 is 15.9 Å². The highest BCUT2D eigenvalue weighted by molar-refractivity contribution is 9.10. The molecule has 0 aromatic heterocycles. The van der Waals surface area contributed by atoms with Crippen molar-refractivity contribution in [2.24, 2.45) is 0 Å². The van der Waals surface area contributed by atoms with Gasteiger partial charge >= 0.3 is 0 Å². The lowest BCUT2D eigenvalue weighted by atomic mass is 10.1. The Morgan fingerprint density at radius 1 is 1.50 bits per heavy atom. The minimum absolute atomic E-state index is 0.424. The quantitative estimate of drug-likeness (QED) is 0.917. The molecule has 1 heterocycles. The number of hydrogen-bond acceptors (Lipinski definition) is 2. The Kier molecular flexibility index (Phi) is 4.38. The van der Waals surface area contributed by atoms with E-state index in [1.165, 1.54) is 28.4 Å². The summed E-state index contributed by atoms with van der Waals surface area (Å²) in [4.78, 5) is 0. The Balaban J connectivity index is 1.82. The third-order valence-corrected chi connectivity index (χ3v) is 3.95. The van der Waals surface area contributed by atoms with Crippen LogP contribution in [0.15, 0.2) is 22.7 Å². The Hall–Kier alpha value is -0.380. The molecule has 0 saturated carbocycles. The third kappa shape index (κ3) is 3.06.